The third-order valence-electron chi connectivity index (χ3n) is 3.55. The van der Waals surface area contributed by atoms with Crippen molar-refractivity contribution in [3.8, 4) is 0 Å². The largest absolute Gasteiger partial charge is 0.272 e. The Balaban J connectivity index is 1.96. The van der Waals surface area contributed by atoms with Crippen molar-refractivity contribution < 1.29 is 13.2 Å². The number of aryl methyl sites for hydroxylation is 1. The standard InChI is InChI=1S/C13H13ClN4O3S3/c1-6-4-10(9(22)5-7(6)14)24(20,21)17-13-16-8-2-3-23-11(8)12(19)18(13)15/h2-5,8,11,22H,15H2,1H3,(H,16,17). The van der Waals surface area contributed by atoms with Gasteiger partial charge in [-0.15, -0.1) is 24.4 Å². The molecule has 11 heteroatoms. The van der Waals surface area contributed by atoms with E-state index in [1.807, 2.05) is 0 Å². The topological polar surface area (TPSA) is 105 Å². The molecule has 3 rings (SSSR count). The van der Waals surface area contributed by atoms with Crippen LogP contribution in [0.2, 0.25) is 5.02 Å². The van der Waals surface area contributed by atoms with Gasteiger partial charge in [0.2, 0.25) is 5.96 Å². The summed E-state index contributed by atoms with van der Waals surface area (Å²) in [4.78, 5) is 16.5. The first-order chi connectivity index (χ1) is 11.2. The Labute approximate surface area is 153 Å². The number of rotatable bonds is 2. The lowest BCUT2D eigenvalue weighted by molar-refractivity contribution is -0.127. The Morgan fingerprint density at radius 2 is 2.17 bits per heavy atom. The number of hydrazine groups is 1. The maximum absolute atomic E-state index is 12.6. The molecule has 0 radical (unpaired) electrons. The maximum atomic E-state index is 12.6. The third-order valence-corrected chi connectivity index (χ3v) is 6.93. The van der Waals surface area contributed by atoms with Gasteiger partial charge < -0.3 is 0 Å². The van der Waals surface area contributed by atoms with Crippen LogP contribution in [0.5, 0.6) is 0 Å². The zero-order valence-electron chi connectivity index (χ0n) is 12.3. The highest BCUT2D eigenvalue weighted by atomic mass is 35.5. The molecule has 0 fully saturated rings. The molecule has 2 atom stereocenters. The molecule has 0 saturated carbocycles. The lowest BCUT2D eigenvalue weighted by atomic mass is 10.2. The van der Waals surface area contributed by atoms with Gasteiger partial charge in [0.25, 0.3) is 15.9 Å². The van der Waals surface area contributed by atoms with Gasteiger partial charge in [-0.2, -0.15) is 0 Å². The molecule has 1 aromatic rings. The Morgan fingerprint density at radius 3 is 2.88 bits per heavy atom. The fourth-order valence-electron chi connectivity index (χ4n) is 2.26. The van der Waals surface area contributed by atoms with Crippen LogP contribution in [0.1, 0.15) is 5.56 Å². The molecule has 2 aliphatic rings. The fraction of sp³-hybridized carbons (Fsp3) is 0.231. The number of guanidine groups is 1. The summed E-state index contributed by atoms with van der Waals surface area (Å²) in [5, 5.41) is 2.41. The first-order valence-corrected chi connectivity index (χ1v) is 9.96. The minimum atomic E-state index is -4.04. The normalized spacial score (nSPS) is 23.2. The number of carbonyl (C=O) groups is 1. The number of nitrogens with one attached hydrogen (secondary N) is 1. The Bertz CT molecular complexity index is 885. The van der Waals surface area contributed by atoms with Gasteiger partial charge in [0.1, 0.15) is 10.1 Å². The minimum absolute atomic E-state index is 0.0743. The van der Waals surface area contributed by atoms with Gasteiger partial charge in [0, 0.05) is 9.92 Å². The van der Waals surface area contributed by atoms with Crippen LogP contribution in [0, 0.1) is 6.92 Å². The number of halogens is 1. The minimum Gasteiger partial charge on any atom is -0.272 e. The number of thioether (sulfide) groups is 1. The van der Waals surface area contributed by atoms with Crippen molar-refractivity contribution >= 4 is 57.9 Å². The van der Waals surface area contributed by atoms with Crippen LogP contribution < -0.4 is 10.6 Å². The molecule has 24 heavy (non-hydrogen) atoms. The highest BCUT2D eigenvalue weighted by Crippen LogP contribution is 2.31. The molecular weight excluding hydrogens is 392 g/mol. The molecule has 128 valence electrons. The summed E-state index contributed by atoms with van der Waals surface area (Å²) in [6.07, 6.45) is 1.73. The Hall–Kier alpha value is -1.20. The Morgan fingerprint density at radius 1 is 1.46 bits per heavy atom. The second kappa shape index (κ2) is 6.26. The van der Waals surface area contributed by atoms with E-state index in [0.717, 1.165) is 5.01 Å². The van der Waals surface area contributed by atoms with Gasteiger partial charge in [-0.05, 0) is 30.0 Å². The second-order valence-corrected chi connectivity index (χ2v) is 8.80. The van der Waals surface area contributed by atoms with Gasteiger partial charge in [-0.3, -0.25) is 4.79 Å². The summed E-state index contributed by atoms with van der Waals surface area (Å²) in [6, 6.07) is 2.39. The van der Waals surface area contributed by atoms with Gasteiger partial charge in [-0.1, -0.05) is 17.7 Å². The molecular formula is C13H13ClN4O3S3. The summed E-state index contributed by atoms with van der Waals surface area (Å²) in [5.41, 5.74) is 0.580. The number of benzene rings is 1. The van der Waals surface area contributed by atoms with Crippen molar-refractivity contribution in [2.75, 3.05) is 0 Å². The Kier molecular flexibility index (Phi) is 4.60. The highest BCUT2D eigenvalue weighted by molar-refractivity contribution is 8.03. The number of amides is 1. The molecule has 1 aromatic carbocycles. The fourth-order valence-corrected chi connectivity index (χ4v) is 5.19. The van der Waals surface area contributed by atoms with Crippen LogP contribution in [-0.4, -0.2) is 36.6 Å². The molecule has 0 spiro atoms. The van der Waals surface area contributed by atoms with E-state index in [9.17, 15) is 13.2 Å². The smallest absolute Gasteiger partial charge is 0.265 e. The molecule has 1 amide bonds. The molecule has 2 heterocycles. The quantitative estimate of drug-likeness (QED) is 0.391. The zero-order valence-corrected chi connectivity index (χ0v) is 15.6. The van der Waals surface area contributed by atoms with Crippen molar-refractivity contribution in [1.82, 2.24) is 9.73 Å². The van der Waals surface area contributed by atoms with E-state index in [-0.39, 0.29) is 15.8 Å². The van der Waals surface area contributed by atoms with E-state index in [2.05, 4.69) is 22.3 Å². The number of nitrogens with zero attached hydrogens (tertiary/aromatic N) is 2. The number of hydrogen-bond donors (Lipinski definition) is 3. The molecule has 0 bridgehead atoms. The SMILES string of the molecule is Cc1cc(S(=O)(=O)NC2=NC3C=CSC3C(=O)N2N)c(S)cc1Cl. The average molecular weight is 405 g/mol. The summed E-state index contributed by atoms with van der Waals surface area (Å²) >= 11 is 11.4. The molecule has 2 aliphatic heterocycles. The molecule has 3 N–H and O–H groups in total. The number of thiol groups is 1. The van der Waals surface area contributed by atoms with E-state index in [0.29, 0.717) is 10.6 Å². The second-order valence-electron chi connectivity index (χ2n) is 5.21. The van der Waals surface area contributed by atoms with Crippen LogP contribution in [0.3, 0.4) is 0 Å². The van der Waals surface area contributed by atoms with Crippen molar-refractivity contribution in [1.29, 1.82) is 0 Å². The van der Waals surface area contributed by atoms with Crippen LogP contribution in [0.25, 0.3) is 0 Å². The lowest BCUT2D eigenvalue weighted by Gasteiger charge is -2.29. The number of nitrogens with two attached hydrogens (primary N) is 1. The third kappa shape index (κ3) is 3.04. The van der Waals surface area contributed by atoms with Crippen LogP contribution in [0.4, 0.5) is 0 Å². The predicted octanol–water partition coefficient (Wildman–Crippen LogP) is 1.29. The maximum Gasteiger partial charge on any atom is 0.265 e. The first-order valence-electron chi connectivity index (χ1n) is 6.71. The van der Waals surface area contributed by atoms with Crippen LogP contribution >= 0.6 is 36.0 Å². The number of hydrogen-bond acceptors (Lipinski definition) is 7. The molecule has 7 nitrogen and oxygen atoms in total. The number of aliphatic imine (C=N–C) groups is 1. The van der Waals surface area contributed by atoms with E-state index >= 15 is 0 Å². The van der Waals surface area contributed by atoms with Crippen LogP contribution in [0.15, 0.2) is 38.4 Å². The van der Waals surface area contributed by atoms with E-state index in [1.165, 1.54) is 23.9 Å². The number of carbonyl (C=O) groups excluding carboxylic acids is 1. The van der Waals surface area contributed by atoms with Crippen molar-refractivity contribution in [3.63, 3.8) is 0 Å². The molecule has 2 unspecified atom stereocenters. The van der Waals surface area contributed by atoms with Gasteiger partial charge in [0.15, 0.2) is 0 Å². The average Bonchev–Trinajstić information content (AvgIpc) is 2.96. The summed E-state index contributed by atoms with van der Waals surface area (Å²) in [7, 11) is -4.04. The predicted molar refractivity (Wildman–Crippen MR) is 96.5 cm³/mol. The van der Waals surface area contributed by atoms with Crippen molar-refractivity contribution in [3.05, 3.63) is 34.2 Å². The zero-order chi connectivity index (χ0) is 17.6. The monoisotopic (exact) mass is 404 g/mol. The number of fused-ring (bicyclic) bond motifs is 1. The molecule has 0 aromatic heterocycles. The summed E-state index contributed by atoms with van der Waals surface area (Å²) in [5.74, 6) is 5.06. The lowest BCUT2D eigenvalue weighted by Crippen LogP contribution is -2.58. The van der Waals surface area contributed by atoms with Gasteiger partial charge in [0.05, 0.1) is 6.04 Å². The van der Waals surface area contributed by atoms with Gasteiger partial charge in [-0.25, -0.2) is 29.0 Å². The van der Waals surface area contributed by atoms with E-state index < -0.39 is 27.2 Å². The van der Waals surface area contributed by atoms with Crippen molar-refractivity contribution in [2.45, 2.75) is 28.0 Å². The van der Waals surface area contributed by atoms with Gasteiger partial charge >= 0.3 is 0 Å². The van der Waals surface area contributed by atoms with Crippen LogP contribution in [-0.2, 0) is 14.8 Å². The first kappa shape index (κ1) is 17.6. The summed E-state index contributed by atoms with van der Waals surface area (Å²) < 4.78 is 27.5. The number of sulfonamides is 1. The highest BCUT2D eigenvalue weighted by Gasteiger charge is 2.40. The van der Waals surface area contributed by atoms with Crippen molar-refractivity contribution in [2.24, 2.45) is 10.8 Å². The van der Waals surface area contributed by atoms with E-state index in [4.69, 9.17) is 17.4 Å². The van der Waals surface area contributed by atoms with E-state index in [1.54, 1.807) is 18.4 Å². The molecule has 0 saturated heterocycles. The summed E-state index contributed by atoms with van der Waals surface area (Å²) in [6.45, 7) is 1.68. The molecule has 0 aliphatic carbocycles.